The molecular formula is C21H26N2O6S. The van der Waals surface area contributed by atoms with Gasteiger partial charge in [-0.15, -0.1) is 0 Å². The SMILES string of the molecule is COc1ccc(N2CCCC(C)(C(=O)Nc3ccc(OC)cc3OC)S2(=O)=O)cc1. The number of methoxy groups -OCH3 is 3. The van der Waals surface area contributed by atoms with Crippen LogP contribution in [0, 0.1) is 0 Å². The van der Waals surface area contributed by atoms with Crippen molar-refractivity contribution in [3.63, 3.8) is 0 Å². The van der Waals surface area contributed by atoms with Crippen LogP contribution in [0.1, 0.15) is 19.8 Å². The fourth-order valence-corrected chi connectivity index (χ4v) is 5.40. The maximum atomic E-state index is 13.5. The molecule has 3 rings (SSSR count). The van der Waals surface area contributed by atoms with Crippen LogP contribution in [-0.4, -0.2) is 46.9 Å². The summed E-state index contributed by atoms with van der Waals surface area (Å²) in [5, 5.41) is 2.72. The van der Waals surface area contributed by atoms with Crippen LogP contribution >= 0.6 is 0 Å². The van der Waals surface area contributed by atoms with Gasteiger partial charge in [-0.3, -0.25) is 9.10 Å². The number of nitrogens with zero attached hydrogens (tertiary/aromatic N) is 1. The molecule has 0 radical (unpaired) electrons. The molecule has 0 aliphatic carbocycles. The number of nitrogens with one attached hydrogen (secondary N) is 1. The summed E-state index contributed by atoms with van der Waals surface area (Å²) >= 11 is 0. The van der Waals surface area contributed by atoms with Crippen LogP contribution in [0.5, 0.6) is 17.2 Å². The van der Waals surface area contributed by atoms with Crippen LogP contribution in [0.25, 0.3) is 0 Å². The summed E-state index contributed by atoms with van der Waals surface area (Å²) in [5.74, 6) is 0.961. The Hall–Kier alpha value is -2.94. The minimum Gasteiger partial charge on any atom is -0.497 e. The smallest absolute Gasteiger partial charge is 0.249 e. The second kappa shape index (κ2) is 8.43. The Kier molecular flexibility index (Phi) is 6.12. The van der Waals surface area contributed by atoms with E-state index in [1.54, 1.807) is 49.6 Å². The van der Waals surface area contributed by atoms with E-state index < -0.39 is 20.7 Å². The fourth-order valence-electron chi connectivity index (χ4n) is 3.46. The number of rotatable bonds is 6. The van der Waals surface area contributed by atoms with Crippen LogP contribution in [0.15, 0.2) is 42.5 Å². The van der Waals surface area contributed by atoms with E-state index in [0.717, 1.165) is 0 Å². The van der Waals surface area contributed by atoms with Gasteiger partial charge in [-0.05, 0) is 56.2 Å². The van der Waals surface area contributed by atoms with Crippen molar-refractivity contribution in [3.05, 3.63) is 42.5 Å². The lowest BCUT2D eigenvalue weighted by atomic mass is 10.0. The predicted molar refractivity (Wildman–Crippen MR) is 115 cm³/mol. The van der Waals surface area contributed by atoms with E-state index in [0.29, 0.717) is 41.6 Å². The minimum atomic E-state index is -3.97. The summed E-state index contributed by atoms with van der Waals surface area (Å²) in [6, 6.07) is 11.6. The van der Waals surface area contributed by atoms with Gasteiger partial charge in [0.05, 0.1) is 32.7 Å². The Morgan fingerprint density at radius 3 is 2.23 bits per heavy atom. The monoisotopic (exact) mass is 434 g/mol. The van der Waals surface area contributed by atoms with Gasteiger partial charge < -0.3 is 19.5 Å². The van der Waals surface area contributed by atoms with E-state index >= 15 is 0 Å². The average Bonchev–Trinajstić information content (AvgIpc) is 2.75. The van der Waals surface area contributed by atoms with Gasteiger partial charge in [0.15, 0.2) is 4.75 Å². The van der Waals surface area contributed by atoms with Crippen molar-refractivity contribution in [2.24, 2.45) is 0 Å². The first-order valence-electron chi connectivity index (χ1n) is 9.46. The highest BCUT2D eigenvalue weighted by Crippen LogP contribution is 2.38. The highest BCUT2D eigenvalue weighted by atomic mass is 32.2. The molecule has 1 N–H and O–H groups in total. The Morgan fingerprint density at radius 1 is 1.00 bits per heavy atom. The number of hydrogen-bond donors (Lipinski definition) is 1. The molecule has 1 heterocycles. The summed E-state index contributed by atoms with van der Waals surface area (Å²) in [6.45, 7) is 1.77. The van der Waals surface area contributed by atoms with E-state index in [9.17, 15) is 13.2 Å². The maximum Gasteiger partial charge on any atom is 0.249 e. The van der Waals surface area contributed by atoms with E-state index in [2.05, 4.69) is 5.32 Å². The molecule has 0 aromatic heterocycles. The molecule has 9 heteroatoms. The molecule has 162 valence electrons. The molecule has 2 aromatic rings. The third-order valence-corrected chi connectivity index (χ3v) is 7.87. The van der Waals surface area contributed by atoms with Gasteiger partial charge in [0.2, 0.25) is 15.9 Å². The van der Waals surface area contributed by atoms with Gasteiger partial charge >= 0.3 is 0 Å². The summed E-state index contributed by atoms with van der Waals surface area (Å²) in [4.78, 5) is 13.2. The first-order chi connectivity index (χ1) is 14.3. The third-order valence-electron chi connectivity index (χ3n) is 5.37. The molecule has 1 saturated heterocycles. The van der Waals surface area contributed by atoms with Crippen LogP contribution in [0.3, 0.4) is 0 Å². The standard InChI is InChI=1S/C21H26N2O6S/c1-21(20(24)22-18-11-10-17(28-3)14-19(18)29-4)12-5-13-23(30(21,25)26)15-6-8-16(27-2)9-7-15/h6-11,14H,5,12-13H2,1-4H3,(H,22,24). The number of carbonyl (C=O) groups excluding carboxylic acids is 1. The van der Waals surface area contributed by atoms with Crippen molar-refractivity contribution in [1.82, 2.24) is 0 Å². The zero-order valence-electron chi connectivity index (χ0n) is 17.5. The molecule has 0 spiro atoms. The van der Waals surface area contributed by atoms with Gasteiger partial charge in [-0.1, -0.05) is 0 Å². The summed E-state index contributed by atoms with van der Waals surface area (Å²) in [6.07, 6.45) is 0.765. The van der Waals surface area contributed by atoms with Gasteiger partial charge in [0, 0.05) is 12.6 Å². The van der Waals surface area contributed by atoms with Crippen LogP contribution in [0.4, 0.5) is 11.4 Å². The quantitative estimate of drug-likeness (QED) is 0.751. The largest absolute Gasteiger partial charge is 0.497 e. The molecule has 1 aliphatic heterocycles. The van der Waals surface area contributed by atoms with E-state index in [1.807, 2.05) is 0 Å². The molecule has 1 fully saturated rings. The lowest BCUT2D eigenvalue weighted by Crippen LogP contribution is -2.57. The van der Waals surface area contributed by atoms with Crippen molar-refractivity contribution in [2.45, 2.75) is 24.5 Å². The van der Waals surface area contributed by atoms with Crippen molar-refractivity contribution in [2.75, 3.05) is 37.5 Å². The number of hydrogen-bond acceptors (Lipinski definition) is 6. The highest BCUT2D eigenvalue weighted by Gasteiger charge is 2.52. The summed E-state index contributed by atoms with van der Waals surface area (Å²) in [5.41, 5.74) is 0.873. The van der Waals surface area contributed by atoms with Gasteiger partial charge in [0.1, 0.15) is 17.2 Å². The summed E-state index contributed by atoms with van der Waals surface area (Å²) in [7, 11) is 0.561. The average molecular weight is 435 g/mol. The number of amides is 1. The molecule has 30 heavy (non-hydrogen) atoms. The molecule has 1 atom stereocenters. The van der Waals surface area contributed by atoms with E-state index in [1.165, 1.54) is 25.4 Å². The van der Waals surface area contributed by atoms with Crippen LogP contribution in [0.2, 0.25) is 0 Å². The van der Waals surface area contributed by atoms with E-state index in [4.69, 9.17) is 14.2 Å². The third kappa shape index (κ3) is 3.77. The van der Waals surface area contributed by atoms with Gasteiger partial charge in [-0.2, -0.15) is 0 Å². The number of sulfonamides is 1. The molecule has 2 aromatic carbocycles. The predicted octanol–water partition coefficient (Wildman–Crippen LogP) is 3.04. The molecule has 0 saturated carbocycles. The molecular weight excluding hydrogens is 408 g/mol. The first kappa shape index (κ1) is 21.8. The zero-order valence-corrected chi connectivity index (χ0v) is 18.3. The maximum absolute atomic E-state index is 13.5. The molecule has 1 unspecified atom stereocenters. The van der Waals surface area contributed by atoms with Crippen LogP contribution in [-0.2, 0) is 14.8 Å². The van der Waals surface area contributed by atoms with E-state index in [-0.39, 0.29) is 6.42 Å². The number of carbonyl (C=O) groups is 1. The van der Waals surface area contributed by atoms with Crippen molar-refractivity contribution >= 4 is 27.3 Å². The molecule has 1 amide bonds. The number of ether oxygens (including phenoxy) is 3. The minimum absolute atomic E-state index is 0.215. The highest BCUT2D eigenvalue weighted by molar-refractivity contribution is 7.95. The van der Waals surface area contributed by atoms with Crippen molar-refractivity contribution in [3.8, 4) is 17.2 Å². The molecule has 8 nitrogen and oxygen atoms in total. The number of benzene rings is 2. The topological polar surface area (TPSA) is 94.2 Å². The Balaban J connectivity index is 1.91. The zero-order chi connectivity index (χ0) is 21.9. The second-order valence-electron chi connectivity index (χ2n) is 7.13. The Bertz CT molecular complexity index is 1020. The Labute approximate surface area is 176 Å². The van der Waals surface area contributed by atoms with Gasteiger partial charge in [0.25, 0.3) is 0 Å². The van der Waals surface area contributed by atoms with Crippen molar-refractivity contribution in [1.29, 1.82) is 0 Å². The lowest BCUT2D eigenvalue weighted by Gasteiger charge is -2.39. The molecule has 1 aliphatic rings. The first-order valence-corrected chi connectivity index (χ1v) is 10.9. The van der Waals surface area contributed by atoms with Gasteiger partial charge in [-0.25, -0.2) is 8.42 Å². The Morgan fingerprint density at radius 2 is 1.63 bits per heavy atom. The van der Waals surface area contributed by atoms with Crippen molar-refractivity contribution < 1.29 is 27.4 Å². The second-order valence-corrected chi connectivity index (χ2v) is 9.42. The fraction of sp³-hybridized carbons (Fsp3) is 0.381. The molecule has 0 bridgehead atoms. The normalized spacial score (nSPS) is 20.3. The number of anilines is 2. The summed E-state index contributed by atoms with van der Waals surface area (Å²) < 4.78 is 42.2. The lowest BCUT2D eigenvalue weighted by molar-refractivity contribution is -0.118. The van der Waals surface area contributed by atoms with Crippen LogP contribution < -0.4 is 23.8 Å².